The van der Waals surface area contributed by atoms with Crippen molar-refractivity contribution in [3.05, 3.63) is 70.0 Å². The first-order valence-corrected chi connectivity index (χ1v) is 13.8. The first kappa shape index (κ1) is 29.3. The number of phenols is 1. The molecule has 0 radical (unpaired) electrons. The van der Waals surface area contributed by atoms with Gasteiger partial charge in [-0.3, -0.25) is 24.1 Å². The highest BCUT2D eigenvalue weighted by atomic mass is 35.5. The fourth-order valence-corrected chi connectivity index (χ4v) is 6.71. The van der Waals surface area contributed by atoms with Crippen LogP contribution in [0.1, 0.15) is 23.1 Å². The number of carbonyl (C=O) groups excluding carboxylic acids is 4. The van der Waals surface area contributed by atoms with E-state index >= 15 is 0 Å². The number of aromatic hydroxyl groups is 1. The lowest BCUT2D eigenvalue weighted by atomic mass is 9.57. The van der Waals surface area contributed by atoms with Crippen LogP contribution in [0.2, 0.25) is 0 Å². The van der Waals surface area contributed by atoms with Crippen molar-refractivity contribution in [3.63, 3.8) is 0 Å². The molecule has 42 heavy (non-hydrogen) atoms. The molecule has 3 aliphatic carbocycles. The van der Waals surface area contributed by atoms with Crippen molar-refractivity contribution in [1.82, 2.24) is 10.2 Å². The van der Waals surface area contributed by atoms with Gasteiger partial charge in [-0.1, -0.05) is 30.3 Å². The van der Waals surface area contributed by atoms with Gasteiger partial charge in [0.05, 0.1) is 11.6 Å². The van der Waals surface area contributed by atoms with E-state index in [-0.39, 0.29) is 47.7 Å². The standard InChI is InChI=1S/C30H30ClN3O8/c1-34(2)23-18-10-14-8-17-16(13-6-4-3-5-7-13)9-15(12-33-19(35)11-31)24(36)21(17)25(37)20(14)27(39)30(18,42)28(40)22(26(23)38)29(32)41/h3-7,9,14,18,23,36-37,40,42H,8,10-12H2,1-2H3,(H2,32,41)(H,33,35). The number of rotatable bonds is 6. The number of fused-ring (bicyclic) bond motifs is 3. The molecule has 7 N–H and O–H groups in total. The molecule has 3 aliphatic rings. The van der Waals surface area contributed by atoms with Gasteiger partial charge in [0.2, 0.25) is 11.7 Å². The molecule has 0 aliphatic heterocycles. The predicted octanol–water partition coefficient (Wildman–Crippen LogP) is 1.49. The Morgan fingerprint density at radius 3 is 2.40 bits per heavy atom. The molecule has 220 valence electrons. The average molecular weight is 596 g/mol. The number of Topliss-reactive ketones (excluding diaryl/α,β-unsaturated/α-hetero) is 2. The van der Waals surface area contributed by atoms with E-state index in [9.17, 15) is 39.6 Å². The monoisotopic (exact) mass is 595 g/mol. The van der Waals surface area contributed by atoms with Crippen LogP contribution in [0, 0.1) is 11.8 Å². The number of phenolic OH excluding ortho intramolecular Hbond substituents is 1. The van der Waals surface area contributed by atoms with Crippen LogP contribution in [0.4, 0.5) is 0 Å². The zero-order valence-corrected chi connectivity index (χ0v) is 23.6. The van der Waals surface area contributed by atoms with Gasteiger partial charge in [0.1, 0.15) is 28.7 Å². The molecule has 0 saturated heterocycles. The van der Waals surface area contributed by atoms with Gasteiger partial charge in [-0.2, -0.15) is 0 Å². The number of nitrogens with zero attached hydrogens (tertiary/aromatic N) is 1. The van der Waals surface area contributed by atoms with Crippen LogP contribution in [-0.2, 0) is 32.1 Å². The molecule has 1 fully saturated rings. The van der Waals surface area contributed by atoms with Crippen LogP contribution in [0.15, 0.2) is 53.3 Å². The normalized spacial score (nSPS) is 25.2. The molecule has 5 rings (SSSR count). The van der Waals surface area contributed by atoms with Gasteiger partial charge >= 0.3 is 0 Å². The maximum Gasteiger partial charge on any atom is 0.255 e. The third-order valence-corrected chi connectivity index (χ3v) is 8.72. The lowest BCUT2D eigenvalue weighted by Gasteiger charge is -2.50. The molecule has 4 unspecified atom stereocenters. The molecule has 12 heteroatoms. The van der Waals surface area contributed by atoms with Crippen LogP contribution in [0.25, 0.3) is 16.9 Å². The summed E-state index contributed by atoms with van der Waals surface area (Å²) in [7, 11) is 3.09. The van der Waals surface area contributed by atoms with Crippen molar-refractivity contribution in [1.29, 1.82) is 0 Å². The molecule has 0 bridgehead atoms. The number of halogens is 1. The van der Waals surface area contributed by atoms with Gasteiger partial charge in [0.15, 0.2) is 11.4 Å². The number of nitrogens with one attached hydrogen (secondary N) is 1. The van der Waals surface area contributed by atoms with Crippen LogP contribution in [-0.4, -0.2) is 80.3 Å². The summed E-state index contributed by atoms with van der Waals surface area (Å²) < 4.78 is 0. The lowest BCUT2D eigenvalue weighted by Crippen LogP contribution is -2.65. The Kier molecular flexibility index (Phi) is 7.38. The Morgan fingerprint density at radius 2 is 1.81 bits per heavy atom. The van der Waals surface area contributed by atoms with E-state index in [0.29, 0.717) is 11.1 Å². The van der Waals surface area contributed by atoms with Gasteiger partial charge in [-0.15, -0.1) is 11.6 Å². The fraction of sp³-hybridized carbons (Fsp3) is 0.333. The van der Waals surface area contributed by atoms with Crippen molar-refractivity contribution < 1.29 is 39.6 Å². The van der Waals surface area contributed by atoms with E-state index in [1.807, 2.05) is 30.3 Å². The van der Waals surface area contributed by atoms with Gasteiger partial charge < -0.3 is 31.5 Å². The second-order valence-electron chi connectivity index (χ2n) is 11.0. The van der Waals surface area contributed by atoms with Crippen LogP contribution in [0.5, 0.6) is 5.75 Å². The molecule has 2 aromatic rings. The Morgan fingerprint density at radius 1 is 1.14 bits per heavy atom. The minimum absolute atomic E-state index is 0.0196. The number of nitrogens with two attached hydrogens (primary N) is 1. The second kappa shape index (κ2) is 10.6. The third kappa shape index (κ3) is 4.27. The summed E-state index contributed by atoms with van der Waals surface area (Å²) in [5.74, 6) is -8.01. The lowest BCUT2D eigenvalue weighted by molar-refractivity contribution is -0.153. The zero-order valence-electron chi connectivity index (χ0n) is 22.8. The fourth-order valence-electron chi connectivity index (χ4n) is 6.62. The molecule has 0 heterocycles. The first-order valence-electron chi connectivity index (χ1n) is 13.2. The SMILES string of the molecule is CN(C)C1C(=O)C(C(N)=O)=C(O)C2(O)C(=O)C3=C(O)c4c(O)c(CNC(=O)CCl)cc(-c5ccccc5)c4CC3CC12. The number of benzene rings is 2. The maximum absolute atomic E-state index is 14.1. The van der Waals surface area contributed by atoms with Gasteiger partial charge in [0.25, 0.3) is 5.91 Å². The smallest absolute Gasteiger partial charge is 0.255 e. The minimum Gasteiger partial charge on any atom is -0.508 e. The van der Waals surface area contributed by atoms with E-state index < -0.39 is 64.0 Å². The molecule has 0 aromatic heterocycles. The Hall–Kier alpha value is -4.19. The van der Waals surface area contributed by atoms with Crippen molar-refractivity contribution in [3.8, 4) is 16.9 Å². The molecular weight excluding hydrogens is 566 g/mol. The summed E-state index contributed by atoms with van der Waals surface area (Å²) in [4.78, 5) is 52.9. The Balaban J connectivity index is 1.75. The molecule has 1 saturated carbocycles. The van der Waals surface area contributed by atoms with Crippen LogP contribution in [0.3, 0.4) is 0 Å². The Labute approximate surface area is 245 Å². The highest BCUT2D eigenvalue weighted by molar-refractivity contribution is 6.27. The van der Waals surface area contributed by atoms with Gasteiger partial charge in [-0.05, 0) is 55.6 Å². The van der Waals surface area contributed by atoms with E-state index in [2.05, 4.69) is 5.32 Å². The third-order valence-electron chi connectivity index (χ3n) is 8.48. The summed E-state index contributed by atoms with van der Waals surface area (Å²) in [6.45, 7) is -0.130. The van der Waals surface area contributed by atoms with E-state index in [0.717, 1.165) is 5.56 Å². The topological polar surface area (TPSA) is 190 Å². The number of carbonyl (C=O) groups is 4. The summed E-state index contributed by atoms with van der Waals surface area (Å²) >= 11 is 5.61. The van der Waals surface area contributed by atoms with Crippen molar-refractivity contribution in [2.75, 3.05) is 20.0 Å². The largest absolute Gasteiger partial charge is 0.508 e. The average Bonchev–Trinajstić information content (AvgIpc) is 2.94. The molecule has 11 nitrogen and oxygen atoms in total. The number of hydrogen-bond donors (Lipinski definition) is 6. The first-order chi connectivity index (χ1) is 19.8. The quantitative estimate of drug-likeness (QED) is 0.212. The number of aliphatic hydroxyl groups excluding tert-OH is 2. The number of likely N-dealkylation sites (N-methyl/N-ethyl adjacent to an activating group) is 1. The number of alkyl halides is 1. The number of primary amides is 1. The number of hydrogen-bond acceptors (Lipinski definition) is 9. The van der Waals surface area contributed by atoms with Crippen molar-refractivity contribution in [2.24, 2.45) is 17.6 Å². The van der Waals surface area contributed by atoms with Crippen LogP contribution < -0.4 is 11.1 Å². The Bertz CT molecular complexity index is 1600. The summed E-state index contributed by atoms with van der Waals surface area (Å²) in [6.07, 6.45) is 0.120. The number of amides is 2. The highest BCUT2D eigenvalue weighted by Gasteiger charge is 2.64. The predicted molar refractivity (Wildman–Crippen MR) is 152 cm³/mol. The maximum atomic E-state index is 14.1. The second-order valence-corrected chi connectivity index (χ2v) is 11.3. The molecule has 2 amide bonds. The van der Waals surface area contributed by atoms with Gasteiger partial charge in [-0.25, -0.2) is 0 Å². The van der Waals surface area contributed by atoms with E-state index in [1.54, 1.807) is 20.2 Å². The molecule has 2 aromatic carbocycles. The summed E-state index contributed by atoms with van der Waals surface area (Å²) in [5.41, 5.74) is 3.63. The van der Waals surface area contributed by atoms with Gasteiger partial charge in [0, 0.05) is 23.6 Å². The number of aliphatic hydroxyl groups is 3. The number of ketones is 2. The zero-order chi connectivity index (χ0) is 30.7. The van der Waals surface area contributed by atoms with Crippen molar-refractivity contribution >= 4 is 40.7 Å². The van der Waals surface area contributed by atoms with Crippen LogP contribution >= 0.6 is 11.6 Å². The summed E-state index contributed by atoms with van der Waals surface area (Å²) in [5, 5.41) is 48.4. The molecule has 4 atom stereocenters. The van der Waals surface area contributed by atoms with Crippen molar-refractivity contribution in [2.45, 2.75) is 31.0 Å². The van der Waals surface area contributed by atoms with E-state index in [4.69, 9.17) is 17.3 Å². The highest BCUT2D eigenvalue weighted by Crippen LogP contribution is 2.54. The molecule has 0 spiro atoms. The minimum atomic E-state index is -2.73. The molecular formula is C30H30ClN3O8. The van der Waals surface area contributed by atoms with E-state index in [1.165, 1.54) is 4.90 Å². The summed E-state index contributed by atoms with van der Waals surface area (Å²) in [6, 6.07) is 9.66.